The highest BCUT2D eigenvalue weighted by atomic mass is 79.9. The number of ether oxygens (including phenoxy) is 2. The Hall–Kier alpha value is -0.940. The summed E-state index contributed by atoms with van der Waals surface area (Å²) in [5.41, 5.74) is 0.816. The molecule has 2 rings (SSSR count). The van der Waals surface area contributed by atoms with Crippen LogP contribution in [0.1, 0.15) is 56.1 Å². The van der Waals surface area contributed by atoms with Gasteiger partial charge in [-0.05, 0) is 51.3 Å². The molecule has 2 atom stereocenters. The van der Waals surface area contributed by atoms with Crippen molar-refractivity contribution in [1.29, 1.82) is 0 Å². The Bertz CT molecular complexity index is 587. The summed E-state index contributed by atoms with van der Waals surface area (Å²) < 4.78 is 25.3. The second-order valence-corrected chi connectivity index (χ2v) is 8.36. The molecular weight excluding hydrogens is 363 g/mol. The molecule has 128 valence electrons. The summed E-state index contributed by atoms with van der Waals surface area (Å²) in [6.45, 7) is 8.90. The van der Waals surface area contributed by atoms with Gasteiger partial charge in [0.1, 0.15) is 16.1 Å². The monoisotopic (exact) mass is 386 g/mol. The van der Waals surface area contributed by atoms with E-state index in [1.807, 2.05) is 39.0 Å². The third-order valence-electron chi connectivity index (χ3n) is 3.79. The van der Waals surface area contributed by atoms with Crippen LogP contribution in [-0.2, 0) is 27.3 Å². The van der Waals surface area contributed by atoms with Crippen LogP contribution in [0.5, 0.6) is 0 Å². The molecule has 0 radical (unpaired) electrons. The number of fused-ring (bicyclic) bond motifs is 1. The van der Waals surface area contributed by atoms with Crippen molar-refractivity contribution >= 4 is 21.9 Å². The Balaban J connectivity index is 2.30. The lowest BCUT2D eigenvalue weighted by atomic mass is 9.88. The first kappa shape index (κ1) is 18.4. The molecule has 23 heavy (non-hydrogen) atoms. The van der Waals surface area contributed by atoms with Crippen LogP contribution in [0, 0.1) is 0 Å². The number of carbonyl (C=O) groups is 1. The van der Waals surface area contributed by atoms with E-state index in [4.69, 9.17) is 9.47 Å². The summed E-state index contributed by atoms with van der Waals surface area (Å²) in [6, 6.07) is 5.72. The molecule has 1 aromatic rings. The van der Waals surface area contributed by atoms with Crippen LogP contribution in [0.15, 0.2) is 18.2 Å². The molecule has 0 N–H and O–H groups in total. The minimum Gasteiger partial charge on any atom is -0.459 e. The summed E-state index contributed by atoms with van der Waals surface area (Å²) in [5, 5.41) is 0. The zero-order chi connectivity index (χ0) is 17.4. The average molecular weight is 387 g/mol. The molecule has 0 bridgehead atoms. The molecule has 1 aliphatic rings. The van der Waals surface area contributed by atoms with Crippen molar-refractivity contribution in [3.63, 3.8) is 0 Å². The van der Waals surface area contributed by atoms with Gasteiger partial charge in [0.05, 0.1) is 12.7 Å². The zero-order valence-corrected chi connectivity index (χ0v) is 15.9. The quantitative estimate of drug-likeness (QED) is 0.559. The fraction of sp³-hybridized carbons (Fsp3) is 0.611. The van der Waals surface area contributed by atoms with Crippen LogP contribution < -0.4 is 0 Å². The Labute approximate surface area is 145 Å². The van der Waals surface area contributed by atoms with Crippen LogP contribution in [0.3, 0.4) is 0 Å². The molecule has 5 heteroatoms. The maximum Gasteiger partial charge on any atom is 0.324 e. The normalized spacial score (nSPS) is 19.9. The lowest BCUT2D eigenvalue weighted by molar-refractivity contribution is -0.154. The highest BCUT2D eigenvalue weighted by molar-refractivity contribution is 9.09. The van der Waals surface area contributed by atoms with Gasteiger partial charge in [-0.3, -0.25) is 4.79 Å². The van der Waals surface area contributed by atoms with Crippen molar-refractivity contribution in [2.45, 2.75) is 69.8 Å². The molecule has 1 aliphatic heterocycles. The predicted molar refractivity (Wildman–Crippen MR) is 91.4 cm³/mol. The third-order valence-corrected chi connectivity index (χ3v) is 4.66. The van der Waals surface area contributed by atoms with E-state index >= 15 is 0 Å². The highest BCUT2D eigenvalue weighted by Gasteiger charge is 2.36. The fourth-order valence-corrected chi connectivity index (χ4v) is 3.15. The topological polar surface area (TPSA) is 35.5 Å². The number of alkyl halides is 2. The lowest BCUT2D eigenvalue weighted by Crippen LogP contribution is -2.39. The van der Waals surface area contributed by atoms with E-state index in [0.717, 1.165) is 16.7 Å². The van der Waals surface area contributed by atoms with Gasteiger partial charge in [0.25, 0.3) is 0 Å². The standard InChI is InChI=1S/C18H24BrFO3/c1-17(2,3)23-16(21)15(19)12-8-6-7-11-10-22-14(9-13(11)12)18(4,5)20/h6-8,14-15H,9-10H2,1-5H3. The van der Waals surface area contributed by atoms with Crippen LogP contribution in [0.2, 0.25) is 0 Å². The second kappa shape index (κ2) is 6.52. The van der Waals surface area contributed by atoms with Crippen molar-refractivity contribution in [1.82, 2.24) is 0 Å². The molecule has 2 unspecified atom stereocenters. The Morgan fingerprint density at radius 2 is 2.00 bits per heavy atom. The maximum atomic E-state index is 14.3. The molecule has 0 saturated heterocycles. The van der Waals surface area contributed by atoms with E-state index in [1.54, 1.807) is 0 Å². The first-order valence-corrected chi connectivity index (χ1v) is 8.69. The molecule has 0 spiro atoms. The summed E-state index contributed by atoms with van der Waals surface area (Å²) in [5.74, 6) is -0.339. The van der Waals surface area contributed by atoms with Gasteiger partial charge in [0.2, 0.25) is 0 Å². The van der Waals surface area contributed by atoms with Gasteiger partial charge >= 0.3 is 5.97 Å². The van der Waals surface area contributed by atoms with Gasteiger partial charge < -0.3 is 9.47 Å². The number of hydrogen-bond donors (Lipinski definition) is 0. The van der Waals surface area contributed by atoms with Gasteiger partial charge in [0.15, 0.2) is 0 Å². The van der Waals surface area contributed by atoms with Gasteiger partial charge in [-0.15, -0.1) is 0 Å². The van der Waals surface area contributed by atoms with Crippen LogP contribution in [-0.4, -0.2) is 23.3 Å². The second-order valence-electron chi connectivity index (χ2n) is 7.45. The van der Waals surface area contributed by atoms with Crippen molar-refractivity contribution in [2.75, 3.05) is 0 Å². The van der Waals surface area contributed by atoms with E-state index < -0.39 is 22.2 Å². The number of rotatable bonds is 3. The molecule has 0 amide bonds. The summed E-state index contributed by atoms with van der Waals surface area (Å²) in [7, 11) is 0. The zero-order valence-electron chi connectivity index (χ0n) is 14.3. The highest BCUT2D eigenvalue weighted by Crippen LogP contribution is 2.36. The molecule has 0 fully saturated rings. The largest absolute Gasteiger partial charge is 0.459 e. The third kappa shape index (κ3) is 4.54. The van der Waals surface area contributed by atoms with E-state index in [-0.39, 0.29) is 5.97 Å². The SMILES string of the molecule is CC(C)(C)OC(=O)C(Br)c1cccc2c1CC(C(C)(C)F)OC2. The van der Waals surface area contributed by atoms with Crippen LogP contribution in [0.25, 0.3) is 0 Å². The van der Waals surface area contributed by atoms with E-state index in [0.29, 0.717) is 13.0 Å². The predicted octanol–water partition coefficient (Wildman–Crippen LogP) is 4.65. The van der Waals surface area contributed by atoms with Gasteiger partial charge in [-0.1, -0.05) is 34.1 Å². The van der Waals surface area contributed by atoms with Crippen molar-refractivity contribution in [3.8, 4) is 0 Å². The average Bonchev–Trinajstić information content (AvgIpc) is 2.42. The summed E-state index contributed by atoms with van der Waals surface area (Å²) in [6.07, 6.45) is -0.0746. The van der Waals surface area contributed by atoms with Crippen LogP contribution >= 0.6 is 15.9 Å². The Kier molecular flexibility index (Phi) is 5.21. The smallest absolute Gasteiger partial charge is 0.324 e. The molecule has 3 nitrogen and oxygen atoms in total. The minimum atomic E-state index is -1.43. The molecule has 0 aliphatic carbocycles. The van der Waals surface area contributed by atoms with Crippen LogP contribution in [0.4, 0.5) is 4.39 Å². The van der Waals surface area contributed by atoms with E-state index in [9.17, 15) is 9.18 Å². The minimum absolute atomic E-state index is 0.339. The summed E-state index contributed by atoms with van der Waals surface area (Å²) in [4.78, 5) is 11.8. The first-order chi connectivity index (χ1) is 10.5. The van der Waals surface area contributed by atoms with Crippen molar-refractivity contribution < 1.29 is 18.7 Å². The molecule has 0 saturated carbocycles. The molecule has 1 aromatic carbocycles. The molecule has 0 aromatic heterocycles. The maximum absolute atomic E-state index is 14.3. The van der Waals surface area contributed by atoms with Gasteiger partial charge in [-0.2, -0.15) is 0 Å². The summed E-state index contributed by atoms with van der Waals surface area (Å²) >= 11 is 3.44. The number of esters is 1. The van der Waals surface area contributed by atoms with Gasteiger partial charge in [-0.25, -0.2) is 4.39 Å². The molecular formula is C18H24BrFO3. The number of carbonyl (C=O) groups excluding carboxylic acids is 1. The number of benzene rings is 1. The number of hydrogen-bond acceptors (Lipinski definition) is 3. The number of halogens is 2. The molecule has 1 heterocycles. The van der Waals surface area contributed by atoms with Crippen molar-refractivity contribution in [3.05, 3.63) is 34.9 Å². The Morgan fingerprint density at radius 1 is 1.35 bits per heavy atom. The Morgan fingerprint density at radius 3 is 2.57 bits per heavy atom. The lowest BCUT2D eigenvalue weighted by Gasteiger charge is -2.33. The first-order valence-electron chi connectivity index (χ1n) is 7.77. The van der Waals surface area contributed by atoms with E-state index in [1.165, 1.54) is 13.8 Å². The van der Waals surface area contributed by atoms with Gasteiger partial charge in [0, 0.05) is 6.42 Å². The van der Waals surface area contributed by atoms with E-state index in [2.05, 4.69) is 15.9 Å². The fourth-order valence-electron chi connectivity index (χ4n) is 2.63. The van der Waals surface area contributed by atoms with Crippen molar-refractivity contribution in [2.24, 2.45) is 0 Å².